The van der Waals surface area contributed by atoms with Crippen molar-refractivity contribution in [3.05, 3.63) is 10.1 Å². The third kappa shape index (κ3) is 2390. The Morgan fingerprint density at radius 2 is 1.50 bits per heavy atom. The summed E-state index contributed by atoms with van der Waals surface area (Å²) in [6.07, 6.45) is 0. The van der Waals surface area contributed by atoms with Crippen molar-refractivity contribution in [2.75, 3.05) is 0 Å². The third-order valence-electron chi connectivity index (χ3n) is 0. The van der Waals surface area contributed by atoms with E-state index in [0.29, 0.717) is 0 Å². The molecule has 0 heterocycles. The van der Waals surface area contributed by atoms with Crippen LogP contribution < -0.4 is 5.34 Å². The standard InChI is InChI=1S/C2H3Cl3.HNO2/c1-2(3,4)5;2-1-3/h1H3;1H. The highest BCUT2D eigenvalue weighted by Gasteiger charge is 2.07. The summed E-state index contributed by atoms with van der Waals surface area (Å²) in [5.41, 5.74) is 0. The average Bonchev–Trinajstić information content (AvgIpc) is 1.27. The third-order valence-corrected chi connectivity index (χ3v) is 0. The van der Waals surface area contributed by atoms with Crippen LogP contribution >= 0.6 is 34.8 Å². The van der Waals surface area contributed by atoms with Crippen molar-refractivity contribution in [3.63, 3.8) is 0 Å². The van der Waals surface area contributed by atoms with Crippen molar-refractivity contribution in [2.24, 2.45) is 0 Å². The monoisotopic (exact) mass is 179 g/mol. The van der Waals surface area contributed by atoms with Crippen molar-refractivity contribution in [3.8, 4) is 0 Å². The molecule has 0 saturated carbocycles. The van der Waals surface area contributed by atoms with E-state index in [1.54, 1.807) is 0 Å². The number of alkyl halides is 3. The molecule has 0 spiro atoms. The first kappa shape index (κ1) is 11.1. The Balaban J connectivity index is 0. The van der Waals surface area contributed by atoms with Crippen LogP contribution in [0.15, 0.2) is 0 Å². The minimum absolute atomic E-state index is 0.250. The molecule has 0 fully saturated rings. The lowest BCUT2D eigenvalue weighted by Gasteiger charge is -1.94. The lowest BCUT2D eigenvalue weighted by Crippen LogP contribution is -2.53. The Morgan fingerprint density at radius 1 is 1.50 bits per heavy atom. The topological polar surface area (TPSA) is 54.1 Å². The van der Waals surface area contributed by atoms with Crippen LogP contribution in [0.1, 0.15) is 6.92 Å². The van der Waals surface area contributed by atoms with Gasteiger partial charge in [0.2, 0.25) is 0 Å². The predicted molar refractivity (Wildman–Crippen MR) is 33.7 cm³/mol. The summed E-state index contributed by atoms with van der Waals surface area (Å²) in [7, 11) is 0. The van der Waals surface area contributed by atoms with Crippen LogP contribution in [0.2, 0.25) is 0 Å². The molecule has 0 atom stereocenters. The Labute approximate surface area is 61.5 Å². The molecule has 8 heavy (non-hydrogen) atoms. The van der Waals surface area contributed by atoms with Crippen LogP contribution in [-0.2, 0) is 0 Å². The zero-order chi connectivity index (χ0) is 7.21. The highest BCUT2D eigenvalue weighted by Crippen LogP contribution is 2.23. The number of rotatable bonds is 0. The summed E-state index contributed by atoms with van der Waals surface area (Å²) in [5, 5.41) is 8.38. The minimum Gasteiger partial charge on any atom is -0.267 e. The zero-order valence-corrected chi connectivity index (χ0v) is 6.22. The van der Waals surface area contributed by atoms with Crippen molar-refractivity contribution in [2.45, 2.75) is 10.7 Å². The van der Waals surface area contributed by atoms with Gasteiger partial charge in [0.05, 0.1) is 0 Å². The molecule has 0 aromatic rings. The Morgan fingerprint density at radius 3 is 1.50 bits per heavy atom. The van der Waals surface area contributed by atoms with E-state index in [1.807, 2.05) is 0 Å². The summed E-state index contributed by atoms with van der Waals surface area (Å²) >= 11 is 15.2. The maximum Gasteiger partial charge on any atom is 0.187 e. The van der Waals surface area contributed by atoms with Crippen LogP contribution in [-0.4, -0.2) is 3.79 Å². The van der Waals surface area contributed by atoms with Gasteiger partial charge < -0.3 is 0 Å². The molecule has 0 bridgehead atoms. The summed E-state index contributed by atoms with van der Waals surface area (Å²) in [4.78, 5) is 8.12. The maximum atomic E-state index is 8.12. The summed E-state index contributed by atoms with van der Waals surface area (Å²) in [6.45, 7) is 1.48. The van der Waals surface area contributed by atoms with E-state index in [0.717, 1.165) is 0 Å². The fraction of sp³-hybridized carbons (Fsp3) is 1.00. The van der Waals surface area contributed by atoms with Gasteiger partial charge in [-0.2, -0.15) is 0 Å². The minimum atomic E-state index is -1.08. The first-order valence-corrected chi connectivity index (χ1v) is 2.61. The number of nitrogens with one attached hydrogen (secondary N) is 1. The molecule has 0 unspecified atom stereocenters. The zero-order valence-electron chi connectivity index (χ0n) is 3.95. The Hall–Kier alpha value is 0.270. The van der Waals surface area contributed by atoms with E-state index in [1.165, 1.54) is 6.92 Å². The second-order valence-electron chi connectivity index (χ2n) is 0.865. The SMILES string of the molecule is CC(Cl)(Cl)Cl.O=[NH+][O-]. The van der Waals surface area contributed by atoms with Crippen molar-refractivity contribution in [1.82, 2.24) is 0 Å². The van der Waals surface area contributed by atoms with Gasteiger partial charge in [-0.25, -0.2) is 0 Å². The summed E-state index contributed by atoms with van der Waals surface area (Å²) < 4.78 is -1.08. The van der Waals surface area contributed by atoms with E-state index in [4.69, 9.17) is 44.9 Å². The van der Waals surface area contributed by atoms with Crippen LogP contribution in [0, 0.1) is 10.1 Å². The smallest absolute Gasteiger partial charge is 0.187 e. The second kappa shape index (κ2) is 5.41. The lowest BCUT2D eigenvalue weighted by molar-refractivity contribution is -0.398. The van der Waals surface area contributed by atoms with Gasteiger partial charge in [-0.15, -0.1) is 0 Å². The average molecular weight is 180 g/mol. The molecule has 0 rings (SSSR count). The van der Waals surface area contributed by atoms with E-state index < -0.39 is 3.79 Å². The second-order valence-corrected chi connectivity index (χ2v) is 3.71. The van der Waals surface area contributed by atoms with Gasteiger partial charge in [-0.3, -0.25) is 10.1 Å². The van der Waals surface area contributed by atoms with Crippen LogP contribution in [0.25, 0.3) is 0 Å². The molecule has 0 saturated heterocycles. The highest BCUT2D eigenvalue weighted by molar-refractivity contribution is 6.67. The fourth-order valence-corrected chi connectivity index (χ4v) is 0. The van der Waals surface area contributed by atoms with E-state index in [2.05, 4.69) is 0 Å². The number of hydrogen-bond acceptors (Lipinski definition) is 2. The van der Waals surface area contributed by atoms with Gasteiger partial charge in [-0.1, -0.05) is 34.8 Å². The molecule has 3 nitrogen and oxygen atoms in total. The van der Waals surface area contributed by atoms with E-state index >= 15 is 0 Å². The van der Waals surface area contributed by atoms with E-state index in [-0.39, 0.29) is 5.34 Å². The predicted octanol–water partition coefficient (Wildman–Crippen LogP) is 0.708. The van der Waals surface area contributed by atoms with Gasteiger partial charge in [0.15, 0.2) is 3.79 Å². The van der Waals surface area contributed by atoms with Crippen molar-refractivity contribution in [1.29, 1.82) is 0 Å². The van der Waals surface area contributed by atoms with Gasteiger partial charge in [-0.05, 0) is 6.92 Å². The van der Waals surface area contributed by atoms with Crippen LogP contribution in [0.4, 0.5) is 0 Å². The molecule has 0 aliphatic heterocycles. The molecule has 0 radical (unpaired) electrons. The van der Waals surface area contributed by atoms with Gasteiger partial charge in [0.25, 0.3) is 0 Å². The van der Waals surface area contributed by atoms with Crippen molar-refractivity contribution >= 4 is 34.8 Å². The molecule has 0 aromatic carbocycles. The number of halogens is 3. The van der Waals surface area contributed by atoms with E-state index in [9.17, 15) is 0 Å². The normalized spacial score (nSPS) is 9.00. The molecule has 0 aliphatic rings. The molecule has 50 valence electrons. The molecule has 1 N–H and O–H groups in total. The summed E-state index contributed by atoms with van der Waals surface area (Å²) in [5.74, 6) is 0. The lowest BCUT2D eigenvalue weighted by atomic mass is 10.9. The quantitative estimate of drug-likeness (QED) is 0.339. The first-order valence-electron chi connectivity index (χ1n) is 1.48. The summed E-state index contributed by atoms with van der Waals surface area (Å²) in [6, 6.07) is 0. The van der Waals surface area contributed by atoms with Crippen molar-refractivity contribution < 1.29 is 5.34 Å². The van der Waals surface area contributed by atoms with Gasteiger partial charge >= 0.3 is 0 Å². The van der Waals surface area contributed by atoms with Crippen LogP contribution in [0.3, 0.4) is 0 Å². The van der Waals surface area contributed by atoms with Crippen LogP contribution in [0.5, 0.6) is 0 Å². The highest BCUT2D eigenvalue weighted by atomic mass is 35.6. The van der Waals surface area contributed by atoms with Gasteiger partial charge in [0, 0.05) is 5.34 Å². The number of hydrogen-bond donors (Lipinski definition) is 1. The first-order chi connectivity index (χ1) is 3.41. The molecule has 0 amide bonds. The Bertz CT molecular complexity index is 54.8. The van der Waals surface area contributed by atoms with Gasteiger partial charge in [0.1, 0.15) is 0 Å². The Kier molecular flexibility index (Phi) is 7.52. The fourth-order valence-electron chi connectivity index (χ4n) is 0. The molecular weight excluding hydrogens is 176 g/mol. The maximum absolute atomic E-state index is 8.12. The molecule has 0 aliphatic carbocycles. The largest absolute Gasteiger partial charge is 0.267 e. The molecule has 0 aromatic heterocycles. The molecular formula is C2H4Cl3NO2. The molecule has 6 heteroatoms.